The van der Waals surface area contributed by atoms with Gasteiger partial charge in [0.1, 0.15) is 16.7 Å². The zero-order valence-electron chi connectivity index (χ0n) is 30.8. The molecule has 2 heterocycles. The second-order valence-corrected chi connectivity index (χ2v) is 14.3. The lowest BCUT2D eigenvalue weighted by Gasteiger charge is -2.28. The standard InChI is InChI=1S/C53H34N2O2/c1-3-12-37(13-4-1)45-19-9-10-21-48(45)55(42-29-24-38(25-30-42)44-20-11-17-36-14-7-8-18-43(36)44)41-27-22-35(23-28-41)40-26-31-46-50(34-40)56-49-33-32-47-52(51(46)49)57-53(54-47)39-15-5-2-6-16-39/h1-34H. The molecule has 2 aromatic heterocycles. The molecule has 0 aliphatic heterocycles. The minimum absolute atomic E-state index is 0.602. The molecule has 0 fully saturated rings. The van der Waals surface area contributed by atoms with E-state index in [1.165, 1.54) is 27.5 Å². The molecule has 4 nitrogen and oxygen atoms in total. The van der Waals surface area contributed by atoms with Crippen LogP contribution in [-0.4, -0.2) is 4.98 Å². The van der Waals surface area contributed by atoms with E-state index in [-0.39, 0.29) is 0 Å². The summed E-state index contributed by atoms with van der Waals surface area (Å²) in [6.45, 7) is 0. The van der Waals surface area contributed by atoms with Gasteiger partial charge in [0, 0.05) is 27.9 Å². The van der Waals surface area contributed by atoms with Crippen LogP contribution in [0.5, 0.6) is 0 Å². The van der Waals surface area contributed by atoms with Crippen LogP contribution in [0.3, 0.4) is 0 Å². The molecule has 0 aliphatic rings. The van der Waals surface area contributed by atoms with Crippen LogP contribution in [0.4, 0.5) is 17.1 Å². The summed E-state index contributed by atoms with van der Waals surface area (Å²) in [7, 11) is 0. The third-order valence-corrected chi connectivity index (χ3v) is 10.9. The zero-order valence-corrected chi connectivity index (χ0v) is 30.8. The van der Waals surface area contributed by atoms with Gasteiger partial charge in [-0.2, -0.15) is 0 Å². The van der Waals surface area contributed by atoms with Crippen LogP contribution in [0.2, 0.25) is 0 Å². The van der Waals surface area contributed by atoms with Crippen molar-refractivity contribution in [3.8, 4) is 44.8 Å². The highest BCUT2D eigenvalue weighted by molar-refractivity contribution is 6.16. The number of fused-ring (bicyclic) bond motifs is 6. The first kappa shape index (κ1) is 32.7. The molecule has 11 rings (SSSR count). The van der Waals surface area contributed by atoms with E-state index < -0.39 is 0 Å². The normalized spacial score (nSPS) is 11.5. The molecular formula is C53H34N2O2. The number of para-hydroxylation sites is 1. The average molecular weight is 731 g/mol. The topological polar surface area (TPSA) is 42.4 Å². The highest BCUT2D eigenvalue weighted by Crippen LogP contribution is 2.43. The van der Waals surface area contributed by atoms with Crippen molar-refractivity contribution in [1.29, 1.82) is 0 Å². The molecule has 57 heavy (non-hydrogen) atoms. The zero-order chi connectivity index (χ0) is 37.7. The Morgan fingerprint density at radius 1 is 0.386 bits per heavy atom. The Kier molecular flexibility index (Phi) is 7.78. The van der Waals surface area contributed by atoms with Crippen molar-refractivity contribution in [2.45, 2.75) is 0 Å². The summed E-state index contributed by atoms with van der Waals surface area (Å²) in [5.41, 5.74) is 14.2. The largest absolute Gasteiger partial charge is 0.456 e. The highest BCUT2D eigenvalue weighted by atomic mass is 16.4. The summed E-state index contributed by atoms with van der Waals surface area (Å²) >= 11 is 0. The van der Waals surface area contributed by atoms with E-state index >= 15 is 0 Å². The Morgan fingerprint density at radius 2 is 1.00 bits per heavy atom. The molecule has 0 N–H and O–H groups in total. The lowest BCUT2D eigenvalue weighted by Crippen LogP contribution is -2.11. The predicted molar refractivity (Wildman–Crippen MR) is 235 cm³/mol. The number of hydrogen-bond donors (Lipinski definition) is 0. The van der Waals surface area contributed by atoms with Gasteiger partial charge in [0.15, 0.2) is 5.58 Å². The molecule has 0 atom stereocenters. The third kappa shape index (κ3) is 5.74. The molecular weight excluding hydrogens is 697 g/mol. The SMILES string of the molecule is c1ccc(-c2nc3ccc4oc5cc(-c6ccc(N(c7ccc(-c8cccc9ccccc89)cc7)c7ccccc7-c7ccccc7)cc6)ccc5c4c3o2)cc1. The van der Waals surface area contributed by atoms with Gasteiger partial charge in [-0.1, -0.05) is 140 Å². The molecule has 0 radical (unpaired) electrons. The first-order valence-corrected chi connectivity index (χ1v) is 19.2. The highest BCUT2D eigenvalue weighted by Gasteiger charge is 2.20. The summed E-state index contributed by atoms with van der Waals surface area (Å²) in [6.07, 6.45) is 0. The van der Waals surface area contributed by atoms with Crippen molar-refractivity contribution in [2.75, 3.05) is 4.90 Å². The fourth-order valence-corrected chi connectivity index (χ4v) is 8.16. The maximum Gasteiger partial charge on any atom is 0.227 e. The van der Waals surface area contributed by atoms with Crippen LogP contribution in [0.25, 0.3) is 88.6 Å². The monoisotopic (exact) mass is 730 g/mol. The first-order valence-electron chi connectivity index (χ1n) is 19.2. The van der Waals surface area contributed by atoms with Gasteiger partial charge in [0.2, 0.25) is 5.89 Å². The number of benzene rings is 9. The van der Waals surface area contributed by atoms with Crippen LogP contribution in [0.15, 0.2) is 215 Å². The molecule has 268 valence electrons. The minimum Gasteiger partial charge on any atom is -0.456 e. The van der Waals surface area contributed by atoms with Crippen molar-refractivity contribution in [3.63, 3.8) is 0 Å². The van der Waals surface area contributed by atoms with Gasteiger partial charge in [0.25, 0.3) is 0 Å². The fraction of sp³-hybridized carbons (Fsp3) is 0. The molecule has 0 unspecified atom stereocenters. The number of nitrogens with zero attached hydrogens (tertiary/aromatic N) is 2. The van der Waals surface area contributed by atoms with E-state index in [9.17, 15) is 0 Å². The van der Waals surface area contributed by atoms with Gasteiger partial charge < -0.3 is 13.7 Å². The number of rotatable bonds is 7. The predicted octanol–water partition coefficient (Wildman–Crippen LogP) is 15.0. The Morgan fingerprint density at radius 3 is 1.79 bits per heavy atom. The van der Waals surface area contributed by atoms with Crippen molar-refractivity contribution in [1.82, 2.24) is 4.98 Å². The molecule has 9 aromatic carbocycles. The van der Waals surface area contributed by atoms with Crippen molar-refractivity contribution in [3.05, 3.63) is 206 Å². The lowest BCUT2D eigenvalue weighted by molar-refractivity contribution is 0.622. The molecule has 0 aliphatic carbocycles. The smallest absolute Gasteiger partial charge is 0.227 e. The van der Waals surface area contributed by atoms with Crippen molar-refractivity contribution < 1.29 is 8.83 Å². The van der Waals surface area contributed by atoms with Gasteiger partial charge in [-0.3, -0.25) is 0 Å². The van der Waals surface area contributed by atoms with Gasteiger partial charge in [-0.25, -0.2) is 4.98 Å². The Labute approximate surface area is 329 Å². The Bertz CT molecular complexity index is 3210. The number of hydrogen-bond acceptors (Lipinski definition) is 4. The quantitative estimate of drug-likeness (QED) is 0.164. The van der Waals surface area contributed by atoms with Gasteiger partial charge in [-0.05, 0) is 105 Å². The van der Waals surface area contributed by atoms with E-state index in [1.54, 1.807) is 0 Å². The van der Waals surface area contributed by atoms with Crippen LogP contribution < -0.4 is 4.90 Å². The van der Waals surface area contributed by atoms with E-state index in [1.807, 2.05) is 42.5 Å². The van der Waals surface area contributed by atoms with Gasteiger partial charge in [0.05, 0.1) is 11.1 Å². The second-order valence-electron chi connectivity index (χ2n) is 14.3. The van der Waals surface area contributed by atoms with Crippen LogP contribution in [-0.2, 0) is 0 Å². The minimum atomic E-state index is 0.602. The third-order valence-electron chi connectivity index (χ3n) is 10.9. The molecule has 0 spiro atoms. The molecule has 11 aromatic rings. The van der Waals surface area contributed by atoms with Crippen LogP contribution in [0, 0.1) is 0 Å². The van der Waals surface area contributed by atoms with E-state index in [2.05, 4.69) is 169 Å². The molecule has 4 heteroatoms. The first-order chi connectivity index (χ1) is 28.2. The summed E-state index contributed by atoms with van der Waals surface area (Å²) in [4.78, 5) is 7.14. The maximum absolute atomic E-state index is 6.44. The Balaban J connectivity index is 0.983. The Hall–Kier alpha value is -7.69. The number of anilines is 3. The maximum atomic E-state index is 6.44. The number of aromatic nitrogens is 1. The second kappa shape index (κ2) is 13.6. The fourth-order valence-electron chi connectivity index (χ4n) is 8.16. The molecule has 0 saturated heterocycles. The van der Waals surface area contributed by atoms with Gasteiger partial charge in [-0.15, -0.1) is 0 Å². The summed E-state index contributed by atoms with van der Waals surface area (Å²) in [6, 6.07) is 72.5. The molecule has 0 saturated carbocycles. The lowest BCUT2D eigenvalue weighted by atomic mass is 9.97. The summed E-state index contributed by atoms with van der Waals surface area (Å²) in [5.74, 6) is 0.602. The molecule has 0 amide bonds. The van der Waals surface area contributed by atoms with Crippen molar-refractivity contribution >= 4 is 60.9 Å². The van der Waals surface area contributed by atoms with Crippen LogP contribution in [0.1, 0.15) is 0 Å². The number of furan rings is 1. The number of oxazole rings is 1. The van der Waals surface area contributed by atoms with Crippen LogP contribution >= 0.6 is 0 Å². The molecule has 0 bridgehead atoms. The van der Waals surface area contributed by atoms with E-state index in [4.69, 9.17) is 13.8 Å². The van der Waals surface area contributed by atoms with E-state index in [0.717, 1.165) is 72.4 Å². The summed E-state index contributed by atoms with van der Waals surface area (Å²) < 4.78 is 12.8. The van der Waals surface area contributed by atoms with E-state index in [0.29, 0.717) is 5.89 Å². The van der Waals surface area contributed by atoms with Crippen molar-refractivity contribution in [2.24, 2.45) is 0 Å². The van der Waals surface area contributed by atoms with Gasteiger partial charge >= 0.3 is 0 Å². The summed E-state index contributed by atoms with van der Waals surface area (Å²) in [5, 5.41) is 4.43. The average Bonchev–Trinajstić information content (AvgIpc) is 3.89.